The van der Waals surface area contributed by atoms with E-state index in [0.29, 0.717) is 23.4 Å². The van der Waals surface area contributed by atoms with E-state index in [-0.39, 0.29) is 5.82 Å². The number of rotatable bonds is 3. The highest BCUT2D eigenvalue weighted by Crippen LogP contribution is 2.26. The molecule has 5 heteroatoms. The average molecular weight is 282 g/mol. The monoisotopic (exact) mass is 282 g/mol. The number of thioether (sulfide) groups is 1. The number of nitrogens with zero attached hydrogens (tertiary/aromatic N) is 1. The van der Waals surface area contributed by atoms with Crippen LogP contribution in [0, 0.1) is 11.7 Å². The lowest BCUT2D eigenvalue weighted by Gasteiger charge is -2.23. The fourth-order valence-corrected chi connectivity index (χ4v) is 2.87. The first-order chi connectivity index (χ1) is 9.10. The highest BCUT2D eigenvalue weighted by Gasteiger charge is 2.19. The van der Waals surface area contributed by atoms with Crippen LogP contribution in [0.3, 0.4) is 0 Å². The summed E-state index contributed by atoms with van der Waals surface area (Å²) >= 11 is 1.63. The van der Waals surface area contributed by atoms with Crippen molar-refractivity contribution in [3.05, 3.63) is 24.0 Å². The van der Waals surface area contributed by atoms with Crippen LogP contribution in [0.5, 0.6) is 5.75 Å². The van der Waals surface area contributed by atoms with Gasteiger partial charge in [0.1, 0.15) is 11.6 Å². The number of hydrogen-bond donors (Lipinski definition) is 1. The Balaban J connectivity index is 2.16. The maximum absolute atomic E-state index is 13.7. The average Bonchev–Trinajstić information content (AvgIpc) is 2.41. The maximum Gasteiger partial charge on any atom is 0.161 e. The van der Waals surface area contributed by atoms with E-state index in [1.165, 1.54) is 6.07 Å². The van der Waals surface area contributed by atoms with Gasteiger partial charge in [-0.3, -0.25) is 4.99 Å². The van der Waals surface area contributed by atoms with Gasteiger partial charge in [0.05, 0.1) is 18.8 Å². The van der Waals surface area contributed by atoms with E-state index in [0.717, 1.165) is 17.3 Å². The molecule has 0 aromatic heterocycles. The lowest BCUT2D eigenvalue weighted by atomic mass is 10.0. The highest BCUT2D eigenvalue weighted by atomic mass is 32.2. The Morgan fingerprint density at radius 3 is 2.95 bits per heavy atom. The van der Waals surface area contributed by atoms with Gasteiger partial charge >= 0.3 is 0 Å². The first-order valence-corrected chi connectivity index (χ1v) is 7.40. The lowest BCUT2D eigenvalue weighted by Crippen LogP contribution is -2.24. The van der Waals surface area contributed by atoms with E-state index in [9.17, 15) is 4.39 Å². The van der Waals surface area contributed by atoms with E-state index in [2.05, 4.69) is 24.2 Å². The number of aliphatic imine (C=N–C) groups is 1. The van der Waals surface area contributed by atoms with Crippen molar-refractivity contribution in [1.82, 2.24) is 0 Å². The van der Waals surface area contributed by atoms with Crippen molar-refractivity contribution in [2.45, 2.75) is 26.3 Å². The molecule has 0 saturated carbocycles. The number of hydrogen-bond acceptors (Lipinski definition) is 4. The smallest absolute Gasteiger partial charge is 0.161 e. The largest absolute Gasteiger partial charge is 0.497 e. The Morgan fingerprint density at radius 1 is 1.47 bits per heavy atom. The van der Waals surface area contributed by atoms with Crippen LogP contribution in [0.2, 0.25) is 0 Å². The van der Waals surface area contributed by atoms with E-state index in [1.807, 2.05) is 0 Å². The summed E-state index contributed by atoms with van der Waals surface area (Å²) in [6, 6.07) is 4.97. The molecule has 0 aliphatic carbocycles. The van der Waals surface area contributed by atoms with Crippen molar-refractivity contribution in [3.8, 4) is 5.75 Å². The van der Waals surface area contributed by atoms with Crippen molar-refractivity contribution in [3.63, 3.8) is 0 Å². The zero-order valence-corrected chi connectivity index (χ0v) is 12.3. The summed E-state index contributed by atoms with van der Waals surface area (Å²) in [5, 5.41) is 3.86. The number of ether oxygens (including phenoxy) is 1. The molecule has 1 aliphatic heterocycles. The predicted octanol–water partition coefficient (Wildman–Crippen LogP) is 3.76. The maximum atomic E-state index is 13.7. The van der Waals surface area contributed by atoms with Gasteiger partial charge in [0.15, 0.2) is 5.17 Å². The zero-order valence-electron chi connectivity index (χ0n) is 11.4. The number of anilines is 1. The molecule has 3 nitrogen and oxygen atoms in total. The number of methoxy groups -OCH3 is 1. The third-order valence-electron chi connectivity index (χ3n) is 3.12. The first-order valence-electron chi connectivity index (χ1n) is 6.41. The van der Waals surface area contributed by atoms with Crippen LogP contribution in [0.4, 0.5) is 10.1 Å². The Hall–Kier alpha value is -1.23. The lowest BCUT2D eigenvalue weighted by molar-refractivity contribution is 0.414. The molecule has 0 bridgehead atoms. The molecule has 1 unspecified atom stereocenters. The van der Waals surface area contributed by atoms with E-state index in [4.69, 9.17) is 4.74 Å². The molecule has 0 fully saturated rings. The van der Waals surface area contributed by atoms with E-state index >= 15 is 0 Å². The molecule has 19 heavy (non-hydrogen) atoms. The van der Waals surface area contributed by atoms with Gasteiger partial charge in [-0.2, -0.15) is 0 Å². The SMILES string of the molecule is COc1ccc(F)c(NC2=NC(C(C)C)CCS2)c1. The highest BCUT2D eigenvalue weighted by molar-refractivity contribution is 8.14. The predicted molar refractivity (Wildman–Crippen MR) is 79.7 cm³/mol. The molecule has 1 aromatic carbocycles. The number of benzene rings is 1. The second-order valence-electron chi connectivity index (χ2n) is 4.85. The molecule has 0 amide bonds. The summed E-state index contributed by atoms with van der Waals surface area (Å²) in [7, 11) is 1.57. The molecule has 1 heterocycles. The van der Waals surface area contributed by atoms with Crippen molar-refractivity contribution in [2.24, 2.45) is 10.9 Å². The third kappa shape index (κ3) is 3.62. The quantitative estimate of drug-likeness (QED) is 0.916. The van der Waals surface area contributed by atoms with Gasteiger partial charge in [0, 0.05) is 11.8 Å². The molecule has 0 saturated heterocycles. The van der Waals surface area contributed by atoms with Gasteiger partial charge in [0.2, 0.25) is 0 Å². The summed E-state index contributed by atoms with van der Waals surface area (Å²) in [5.74, 6) is 1.86. The van der Waals surface area contributed by atoms with Crippen LogP contribution in [0.15, 0.2) is 23.2 Å². The number of halogens is 1. The molecule has 1 N–H and O–H groups in total. The van der Waals surface area contributed by atoms with Crippen LogP contribution in [0.25, 0.3) is 0 Å². The fourth-order valence-electron chi connectivity index (χ4n) is 1.92. The van der Waals surface area contributed by atoms with Crippen LogP contribution in [-0.2, 0) is 0 Å². The minimum absolute atomic E-state index is 0.296. The second kappa shape index (κ2) is 6.28. The second-order valence-corrected chi connectivity index (χ2v) is 5.94. The van der Waals surface area contributed by atoms with Crippen molar-refractivity contribution in [2.75, 3.05) is 18.2 Å². The minimum atomic E-state index is -0.296. The summed E-state index contributed by atoms with van der Waals surface area (Å²) < 4.78 is 18.8. The number of amidine groups is 1. The van der Waals surface area contributed by atoms with Crippen LogP contribution < -0.4 is 10.1 Å². The van der Waals surface area contributed by atoms with Crippen LogP contribution in [0.1, 0.15) is 20.3 Å². The van der Waals surface area contributed by atoms with E-state index in [1.54, 1.807) is 31.0 Å². The Kier molecular flexibility index (Phi) is 4.69. The van der Waals surface area contributed by atoms with Crippen molar-refractivity contribution < 1.29 is 9.13 Å². The van der Waals surface area contributed by atoms with Gasteiger partial charge in [0.25, 0.3) is 0 Å². The van der Waals surface area contributed by atoms with Gasteiger partial charge < -0.3 is 10.1 Å². The van der Waals surface area contributed by atoms with Gasteiger partial charge in [-0.05, 0) is 24.5 Å². The molecule has 2 rings (SSSR count). The first kappa shape index (κ1) is 14.2. The minimum Gasteiger partial charge on any atom is -0.497 e. The molecule has 0 radical (unpaired) electrons. The molecule has 1 atom stereocenters. The normalized spacial score (nSPS) is 19.2. The fraction of sp³-hybridized carbons (Fsp3) is 0.500. The summed E-state index contributed by atoms with van der Waals surface area (Å²) in [6.07, 6.45) is 1.08. The molecular weight excluding hydrogens is 263 g/mol. The summed E-state index contributed by atoms with van der Waals surface area (Å²) in [5.41, 5.74) is 0.412. The number of nitrogens with one attached hydrogen (secondary N) is 1. The molecule has 0 spiro atoms. The van der Waals surface area contributed by atoms with Crippen LogP contribution in [-0.4, -0.2) is 24.1 Å². The molecule has 1 aliphatic rings. The van der Waals surface area contributed by atoms with Gasteiger partial charge in [-0.15, -0.1) is 0 Å². The van der Waals surface area contributed by atoms with Crippen LogP contribution >= 0.6 is 11.8 Å². The molecule has 1 aromatic rings. The Labute approximate surface area is 117 Å². The summed E-state index contributed by atoms with van der Waals surface area (Å²) in [4.78, 5) is 4.63. The van der Waals surface area contributed by atoms with E-state index < -0.39 is 0 Å². The topological polar surface area (TPSA) is 33.6 Å². The van der Waals surface area contributed by atoms with Gasteiger partial charge in [-0.1, -0.05) is 25.6 Å². The third-order valence-corrected chi connectivity index (χ3v) is 4.04. The Bertz CT molecular complexity index is 477. The summed E-state index contributed by atoms with van der Waals surface area (Å²) in [6.45, 7) is 4.32. The van der Waals surface area contributed by atoms with Gasteiger partial charge in [-0.25, -0.2) is 4.39 Å². The molecule has 104 valence electrons. The van der Waals surface area contributed by atoms with Crippen molar-refractivity contribution in [1.29, 1.82) is 0 Å². The zero-order chi connectivity index (χ0) is 13.8. The van der Waals surface area contributed by atoms with Crippen molar-refractivity contribution >= 4 is 22.6 Å². The standard InChI is InChI=1S/C14H19FN2OS/c1-9(2)12-6-7-19-14(16-12)17-13-8-10(18-3)4-5-11(13)15/h4-5,8-9,12H,6-7H2,1-3H3,(H,16,17). The molecular formula is C14H19FN2OS. The Morgan fingerprint density at radius 2 is 2.26 bits per heavy atom.